The highest BCUT2D eigenvalue weighted by Gasteiger charge is 2.17. The molecular weight excluding hydrogens is 433 g/mol. The Hall–Kier alpha value is -1.38. The van der Waals surface area contributed by atoms with Gasteiger partial charge in [0.05, 0.1) is 27.4 Å². The van der Waals surface area contributed by atoms with E-state index in [4.69, 9.17) is 19.9 Å². The van der Waals surface area contributed by atoms with Gasteiger partial charge in [0.25, 0.3) is 0 Å². The summed E-state index contributed by atoms with van der Waals surface area (Å²) in [6.07, 6.45) is 2.34. The highest BCUT2D eigenvalue weighted by atomic mass is 127. The van der Waals surface area contributed by atoms with Gasteiger partial charge < -0.3 is 24.8 Å². The summed E-state index contributed by atoms with van der Waals surface area (Å²) >= 11 is 0. The molecule has 1 fully saturated rings. The minimum absolute atomic E-state index is 0. The smallest absolute Gasteiger partial charge is 0.203 e. The minimum Gasteiger partial charge on any atom is -0.493 e. The van der Waals surface area contributed by atoms with E-state index in [1.807, 2.05) is 19.1 Å². The van der Waals surface area contributed by atoms with Gasteiger partial charge in [0, 0.05) is 13.1 Å². The number of aliphatic imine (C=N–C) groups is 1. The zero-order valence-corrected chi connectivity index (χ0v) is 17.9. The summed E-state index contributed by atoms with van der Waals surface area (Å²) < 4.78 is 16.5. The SMILES string of the molecule is CCOc1c(OC)cc(CN=C(N)N2CCC(C)CC2)cc1OC.I. The number of nitrogens with two attached hydrogens (primary N) is 1. The van der Waals surface area contributed by atoms with Crippen molar-refractivity contribution in [3.63, 3.8) is 0 Å². The molecule has 1 aromatic carbocycles. The molecule has 1 aliphatic rings. The zero-order valence-electron chi connectivity index (χ0n) is 15.6. The molecule has 0 atom stereocenters. The van der Waals surface area contributed by atoms with Gasteiger partial charge in [-0.3, -0.25) is 0 Å². The second-order valence-corrected chi connectivity index (χ2v) is 6.11. The third-order valence-electron chi connectivity index (χ3n) is 4.34. The summed E-state index contributed by atoms with van der Waals surface area (Å²) in [5, 5.41) is 0. The van der Waals surface area contributed by atoms with E-state index in [2.05, 4.69) is 16.8 Å². The van der Waals surface area contributed by atoms with Crippen molar-refractivity contribution >= 4 is 29.9 Å². The predicted octanol–water partition coefficient (Wildman–Crippen LogP) is 3.27. The molecule has 0 aromatic heterocycles. The Morgan fingerprint density at radius 2 is 1.76 bits per heavy atom. The van der Waals surface area contributed by atoms with Crippen LogP contribution in [0.4, 0.5) is 0 Å². The average Bonchev–Trinajstić information content (AvgIpc) is 2.61. The first-order chi connectivity index (χ1) is 11.6. The molecule has 7 heteroatoms. The fourth-order valence-electron chi connectivity index (χ4n) is 2.82. The van der Waals surface area contributed by atoms with Crippen LogP contribution in [0.2, 0.25) is 0 Å². The lowest BCUT2D eigenvalue weighted by molar-refractivity contribution is 0.277. The molecular formula is C18H30IN3O3. The van der Waals surface area contributed by atoms with Crippen molar-refractivity contribution in [3.05, 3.63) is 17.7 Å². The molecule has 0 aliphatic carbocycles. The van der Waals surface area contributed by atoms with Crippen LogP contribution in [0.5, 0.6) is 17.2 Å². The lowest BCUT2D eigenvalue weighted by atomic mass is 10.00. The molecule has 0 radical (unpaired) electrons. The molecule has 0 spiro atoms. The Morgan fingerprint density at radius 3 is 2.24 bits per heavy atom. The quantitative estimate of drug-likeness (QED) is 0.399. The normalized spacial score (nSPS) is 15.5. The van der Waals surface area contributed by atoms with Crippen LogP contribution < -0.4 is 19.9 Å². The summed E-state index contributed by atoms with van der Waals surface area (Å²) in [7, 11) is 3.24. The fourth-order valence-corrected chi connectivity index (χ4v) is 2.82. The van der Waals surface area contributed by atoms with Gasteiger partial charge in [-0.1, -0.05) is 6.92 Å². The number of rotatable bonds is 6. The molecule has 0 amide bonds. The van der Waals surface area contributed by atoms with Crippen LogP contribution in [0.3, 0.4) is 0 Å². The first-order valence-corrected chi connectivity index (χ1v) is 8.51. The van der Waals surface area contributed by atoms with Crippen LogP contribution in [0.15, 0.2) is 17.1 Å². The average molecular weight is 463 g/mol. The maximum absolute atomic E-state index is 6.15. The Bertz CT molecular complexity index is 548. The molecule has 1 heterocycles. The Kier molecular flexibility index (Phi) is 9.16. The number of hydrogen-bond acceptors (Lipinski definition) is 4. The summed E-state index contributed by atoms with van der Waals surface area (Å²) in [4.78, 5) is 6.69. The second-order valence-electron chi connectivity index (χ2n) is 6.11. The molecule has 0 saturated carbocycles. The maximum atomic E-state index is 6.15. The lowest BCUT2D eigenvalue weighted by Crippen LogP contribution is -2.42. The van der Waals surface area contributed by atoms with E-state index in [1.165, 1.54) is 12.8 Å². The van der Waals surface area contributed by atoms with Gasteiger partial charge in [-0.2, -0.15) is 0 Å². The van der Waals surface area contributed by atoms with Gasteiger partial charge in [0.2, 0.25) is 5.75 Å². The Balaban J connectivity index is 0.00000312. The summed E-state index contributed by atoms with van der Waals surface area (Å²) in [6.45, 7) is 7.20. The van der Waals surface area contributed by atoms with Crippen LogP contribution in [0.25, 0.3) is 0 Å². The monoisotopic (exact) mass is 463 g/mol. The molecule has 1 aliphatic heterocycles. The number of piperidine rings is 1. The zero-order chi connectivity index (χ0) is 17.5. The largest absolute Gasteiger partial charge is 0.493 e. The minimum atomic E-state index is 0. The fraction of sp³-hybridized carbons (Fsp3) is 0.611. The van der Waals surface area contributed by atoms with Crippen molar-refractivity contribution in [3.8, 4) is 17.2 Å². The van der Waals surface area contributed by atoms with Crippen molar-refractivity contribution in [2.45, 2.75) is 33.2 Å². The Morgan fingerprint density at radius 1 is 1.20 bits per heavy atom. The first kappa shape index (κ1) is 21.7. The van der Waals surface area contributed by atoms with Crippen LogP contribution in [-0.2, 0) is 6.54 Å². The molecule has 2 rings (SSSR count). The number of ether oxygens (including phenoxy) is 3. The number of hydrogen-bond donors (Lipinski definition) is 1. The third kappa shape index (κ3) is 5.83. The number of halogens is 1. The van der Waals surface area contributed by atoms with Crippen LogP contribution in [0.1, 0.15) is 32.3 Å². The highest BCUT2D eigenvalue weighted by Crippen LogP contribution is 2.38. The number of likely N-dealkylation sites (tertiary alicyclic amines) is 1. The van der Waals surface area contributed by atoms with Crippen LogP contribution in [0, 0.1) is 5.92 Å². The van der Waals surface area contributed by atoms with E-state index in [9.17, 15) is 0 Å². The summed E-state index contributed by atoms with van der Waals surface area (Å²) in [6, 6.07) is 3.84. The van der Waals surface area contributed by atoms with Gasteiger partial charge >= 0.3 is 0 Å². The molecule has 142 valence electrons. The van der Waals surface area contributed by atoms with Gasteiger partial charge in [0.1, 0.15) is 0 Å². The van der Waals surface area contributed by atoms with E-state index in [-0.39, 0.29) is 24.0 Å². The van der Waals surface area contributed by atoms with E-state index in [0.29, 0.717) is 36.4 Å². The van der Waals surface area contributed by atoms with E-state index in [1.54, 1.807) is 14.2 Å². The van der Waals surface area contributed by atoms with E-state index in [0.717, 1.165) is 24.6 Å². The summed E-state index contributed by atoms with van der Waals surface area (Å²) in [5.74, 6) is 3.29. The molecule has 1 aromatic rings. The van der Waals surface area contributed by atoms with Crippen molar-refractivity contribution in [1.29, 1.82) is 0 Å². The van der Waals surface area contributed by atoms with E-state index >= 15 is 0 Å². The van der Waals surface area contributed by atoms with Crippen molar-refractivity contribution in [1.82, 2.24) is 4.90 Å². The van der Waals surface area contributed by atoms with Gasteiger partial charge in [0.15, 0.2) is 17.5 Å². The lowest BCUT2D eigenvalue weighted by Gasteiger charge is -2.31. The van der Waals surface area contributed by atoms with Gasteiger partial charge in [-0.15, -0.1) is 24.0 Å². The van der Waals surface area contributed by atoms with Crippen molar-refractivity contribution in [2.24, 2.45) is 16.6 Å². The highest BCUT2D eigenvalue weighted by molar-refractivity contribution is 14.0. The molecule has 6 nitrogen and oxygen atoms in total. The predicted molar refractivity (Wildman–Crippen MR) is 111 cm³/mol. The van der Waals surface area contributed by atoms with Crippen molar-refractivity contribution in [2.75, 3.05) is 33.9 Å². The summed E-state index contributed by atoms with van der Waals surface area (Å²) in [5.41, 5.74) is 7.12. The number of guanidine groups is 1. The molecule has 25 heavy (non-hydrogen) atoms. The molecule has 2 N–H and O–H groups in total. The van der Waals surface area contributed by atoms with Crippen molar-refractivity contribution < 1.29 is 14.2 Å². The maximum Gasteiger partial charge on any atom is 0.203 e. The second kappa shape index (κ2) is 10.6. The third-order valence-corrected chi connectivity index (χ3v) is 4.34. The number of benzene rings is 1. The van der Waals surface area contributed by atoms with Crippen LogP contribution >= 0.6 is 24.0 Å². The topological polar surface area (TPSA) is 69.3 Å². The van der Waals surface area contributed by atoms with Gasteiger partial charge in [-0.25, -0.2) is 4.99 Å². The van der Waals surface area contributed by atoms with Gasteiger partial charge in [-0.05, 0) is 43.4 Å². The molecule has 1 saturated heterocycles. The Labute approximate surface area is 167 Å². The number of nitrogens with zero attached hydrogens (tertiary/aromatic N) is 2. The van der Waals surface area contributed by atoms with Crippen LogP contribution in [-0.4, -0.2) is 44.8 Å². The van der Waals surface area contributed by atoms with E-state index < -0.39 is 0 Å². The number of methoxy groups -OCH3 is 2. The first-order valence-electron chi connectivity index (χ1n) is 8.51. The standard InChI is InChI=1S/C18H29N3O3.HI/c1-5-24-17-15(22-3)10-14(11-16(17)23-4)12-20-18(19)21-8-6-13(2)7-9-21;/h10-11,13H,5-9,12H2,1-4H3,(H2,19,20);1H. The molecule has 0 bridgehead atoms. The molecule has 0 unspecified atom stereocenters.